The van der Waals surface area contributed by atoms with E-state index < -0.39 is 10.0 Å². The maximum Gasteiger partial charge on any atom is 0.242 e. The van der Waals surface area contributed by atoms with Gasteiger partial charge in [0.2, 0.25) is 15.9 Å². The highest BCUT2D eigenvalue weighted by atomic mass is 32.2. The van der Waals surface area contributed by atoms with E-state index in [1.165, 1.54) is 4.31 Å². The Hall–Kier alpha value is -1.44. The van der Waals surface area contributed by atoms with Crippen molar-refractivity contribution in [2.75, 3.05) is 32.1 Å². The number of hydrogen-bond donors (Lipinski definition) is 0. The Morgan fingerprint density at radius 1 is 1.33 bits per heavy atom. The summed E-state index contributed by atoms with van der Waals surface area (Å²) in [5.74, 6) is -0.0117. The number of rotatable bonds is 5. The van der Waals surface area contributed by atoms with Gasteiger partial charge in [-0.25, -0.2) is 12.7 Å². The largest absolute Gasteiger partial charge is 0.378 e. The number of fused-ring (bicyclic) bond motifs is 1. The Morgan fingerprint density at radius 3 is 2.83 bits per heavy atom. The molecule has 1 unspecified atom stereocenters. The Kier molecular flexibility index (Phi) is 4.94. The normalized spacial score (nSPS) is 21.4. The monoisotopic (exact) mass is 352 g/mol. The third-order valence-electron chi connectivity index (χ3n) is 4.88. The van der Waals surface area contributed by atoms with Crippen LogP contribution in [0, 0.1) is 0 Å². The lowest BCUT2D eigenvalue weighted by molar-refractivity contribution is -0.117. The minimum atomic E-state index is -3.55. The van der Waals surface area contributed by atoms with E-state index in [2.05, 4.69) is 0 Å². The number of benzene rings is 1. The van der Waals surface area contributed by atoms with Crippen molar-refractivity contribution < 1.29 is 17.9 Å². The maximum atomic E-state index is 12.8. The summed E-state index contributed by atoms with van der Waals surface area (Å²) in [5.41, 5.74) is 1.56. The van der Waals surface area contributed by atoms with E-state index in [1.807, 2.05) is 0 Å². The van der Waals surface area contributed by atoms with Crippen LogP contribution in [0.4, 0.5) is 5.69 Å². The van der Waals surface area contributed by atoms with Crippen molar-refractivity contribution in [2.24, 2.45) is 0 Å². The molecule has 0 bridgehead atoms. The zero-order valence-corrected chi connectivity index (χ0v) is 15.0. The first-order valence-corrected chi connectivity index (χ1v) is 9.81. The molecule has 0 saturated carbocycles. The number of carbonyl (C=O) groups is 1. The fourth-order valence-electron chi connectivity index (χ4n) is 3.27. The predicted molar refractivity (Wildman–Crippen MR) is 91.6 cm³/mol. The Balaban J connectivity index is 1.70. The van der Waals surface area contributed by atoms with Gasteiger partial charge >= 0.3 is 0 Å². The lowest BCUT2D eigenvalue weighted by atomic mass is 10.1. The molecule has 3 rings (SSSR count). The zero-order valence-electron chi connectivity index (χ0n) is 14.2. The second-order valence-electron chi connectivity index (χ2n) is 6.52. The number of hydrogen-bond acceptors (Lipinski definition) is 4. The molecule has 1 saturated heterocycles. The summed E-state index contributed by atoms with van der Waals surface area (Å²) in [7, 11) is -0.242. The van der Waals surface area contributed by atoms with Crippen LogP contribution in [0.5, 0.6) is 0 Å². The van der Waals surface area contributed by atoms with Crippen molar-refractivity contribution in [3.63, 3.8) is 0 Å². The second kappa shape index (κ2) is 6.82. The average Bonchev–Trinajstić information content (AvgIpc) is 2.87. The first kappa shape index (κ1) is 17.4. The minimum absolute atomic E-state index is 0.0117. The quantitative estimate of drug-likeness (QED) is 0.810. The molecule has 0 radical (unpaired) electrons. The van der Waals surface area contributed by atoms with Gasteiger partial charge in [0.1, 0.15) is 0 Å². The fourth-order valence-corrected chi connectivity index (χ4v) is 4.50. The molecule has 0 spiro atoms. The first-order chi connectivity index (χ1) is 11.4. The van der Waals surface area contributed by atoms with Crippen molar-refractivity contribution >= 4 is 21.6 Å². The van der Waals surface area contributed by atoms with Gasteiger partial charge in [0.25, 0.3) is 0 Å². The molecular weight excluding hydrogens is 328 g/mol. The SMILES string of the molecule is CN1C(=O)Cc2cc(S(=O)(=O)N(C)CCC3CCCCO3)ccc21. The zero-order chi connectivity index (χ0) is 17.3. The highest BCUT2D eigenvalue weighted by Crippen LogP contribution is 2.30. The van der Waals surface area contributed by atoms with Crippen LogP contribution in [0.3, 0.4) is 0 Å². The number of sulfonamides is 1. The smallest absolute Gasteiger partial charge is 0.242 e. The van der Waals surface area contributed by atoms with Crippen LogP contribution in [0.2, 0.25) is 0 Å². The van der Waals surface area contributed by atoms with Crippen LogP contribution < -0.4 is 4.90 Å². The Labute approximate surface area is 143 Å². The van der Waals surface area contributed by atoms with E-state index in [-0.39, 0.29) is 23.3 Å². The van der Waals surface area contributed by atoms with Crippen LogP contribution in [0.15, 0.2) is 23.1 Å². The lowest BCUT2D eigenvalue weighted by Crippen LogP contribution is -2.31. The molecule has 1 aromatic carbocycles. The fraction of sp³-hybridized carbons (Fsp3) is 0.588. The van der Waals surface area contributed by atoms with Gasteiger partial charge in [-0.15, -0.1) is 0 Å². The molecular formula is C17H24N2O4S. The van der Waals surface area contributed by atoms with E-state index in [0.717, 1.165) is 37.1 Å². The highest BCUT2D eigenvalue weighted by Gasteiger charge is 2.28. The van der Waals surface area contributed by atoms with Gasteiger partial charge in [-0.2, -0.15) is 0 Å². The number of carbonyl (C=O) groups excluding carboxylic acids is 1. The van der Waals surface area contributed by atoms with Crippen molar-refractivity contribution in [3.8, 4) is 0 Å². The molecule has 1 aromatic rings. The van der Waals surface area contributed by atoms with E-state index in [9.17, 15) is 13.2 Å². The summed E-state index contributed by atoms with van der Waals surface area (Å²) in [5, 5.41) is 0. The number of amides is 1. The van der Waals surface area contributed by atoms with E-state index in [1.54, 1.807) is 37.2 Å². The summed E-state index contributed by atoms with van der Waals surface area (Å²) in [6.07, 6.45) is 4.36. The summed E-state index contributed by atoms with van der Waals surface area (Å²) >= 11 is 0. The molecule has 2 heterocycles. The molecule has 1 amide bonds. The van der Waals surface area contributed by atoms with Crippen LogP contribution in [0.25, 0.3) is 0 Å². The molecule has 6 nitrogen and oxygen atoms in total. The molecule has 132 valence electrons. The van der Waals surface area contributed by atoms with Gasteiger partial charge in [0, 0.05) is 32.9 Å². The number of anilines is 1. The number of ether oxygens (including phenoxy) is 1. The van der Waals surface area contributed by atoms with Crippen LogP contribution >= 0.6 is 0 Å². The second-order valence-corrected chi connectivity index (χ2v) is 8.57. The Bertz CT molecular complexity index is 726. The third kappa shape index (κ3) is 3.34. The summed E-state index contributed by atoms with van der Waals surface area (Å²) in [4.78, 5) is 13.6. The Morgan fingerprint density at radius 2 is 2.12 bits per heavy atom. The standard InChI is InChI=1S/C17H24N2O4S/c1-18(9-8-14-5-3-4-10-23-14)24(21,22)15-6-7-16-13(11-15)12-17(20)19(16)2/h6-7,11,14H,3-5,8-10,12H2,1-2H3. The molecule has 0 N–H and O–H groups in total. The molecule has 2 aliphatic rings. The summed E-state index contributed by atoms with van der Waals surface area (Å²) < 4.78 is 32.6. The van der Waals surface area contributed by atoms with Crippen LogP contribution in [-0.2, 0) is 26.0 Å². The number of nitrogens with zero attached hydrogens (tertiary/aromatic N) is 2. The highest BCUT2D eigenvalue weighted by molar-refractivity contribution is 7.89. The summed E-state index contributed by atoms with van der Waals surface area (Å²) in [6, 6.07) is 4.92. The summed E-state index contributed by atoms with van der Waals surface area (Å²) in [6.45, 7) is 1.20. The number of likely N-dealkylation sites (N-methyl/N-ethyl adjacent to an activating group) is 1. The van der Waals surface area contributed by atoms with Gasteiger partial charge in [-0.05, 0) is 49.4 Å². The van der Waals surface area contributed by atoms with Crippen molar-refractivity contribution in [3.05, 3.63) is 23.8 Å². The van der Waals surface area contributed by atoms with Crippen molar-refractivity contribution in [1.29, 1.82) is 0 Å². The van der Waals surface area contributed by atoms with E-state index >= 15 is 0 Å². The molecule has 7 heteroatoms. The van der Waals surface area contributed by atoms with E-state index in [4.69, 9.17) is 4.74 Å². The average molecular weight is 352 g/mol. The van der Waals surface area contributed by atoms with E-state index in [0.29, 0.717) is 13.0 Å². The molecule has 0 aromatic heterocycles. The molecule has 24 heavy (non-hydrogen) atoms. The molecule has 1 atom stereocenters. The first-order valence-electron chi connectivity index (χ1n) is 8.37. The van der Waals surface area contributed by atoms with Crippen molar-refractivity contribution in [2.45, 2.75) is 43.1 Å². The van der Waals surface area contributed by atoms with Gasteiger partial charge in [0.05, 0.1) is 17.4 Å². The maximum absolute atomic E-state index is 12.8. The molecule has 0 aliphatic carbocycles. The van der Waals surface area contributed by atoms with Gasteiger partial charge in [0.15, 0.2) is 0 Å². The van der Waals surface area contributed by atoms with Gasteiger partial charge < -0.3 is 9.64 Å². The molecule has 2 aliphatic heterocycles. The van der Waals surface area contributed by atoms with Gasteiger partial charge in [-0.1, -0.05) is 0 Å². The third-order valence-corrected chi connectivity index (χ3v) is 6.73. The van der Waals surface area contributed by atoms with Crippen LogP contribution in [-0.4, -0.2) is 52.0 Å². The van der Waals surface area contributed by atoms with Gasteiger partial charge in [-0.3, -0.25) is 4.79 Å². The molecule has 1 fully saturated rings. The topological polar surface area (TPSA) is 66.9 Å². The van der Waals surface area contributed by atoms with Crippen LogP contribution in [0.1, 0.15) is 31.2 Å². The van der Waals surface area contributed by atoms with Crippen molar-refractivity contribution in [1.82, 2.24) is 4.31 Å². The lowest BCUT2D eigenvalue weighted by Gasteiger charge is -2.25. The minimum Gasteiger partial charge on any atom is -0.378 e. The predicted octanol–water partition coefficient (Wildman–Crippen LogP) is 1.79.